The first kappa shape index (κ1) is 42.2. The Morgan fingerprint density at radius 1 is 0.947 bits per heavy atom. The van der Waals surface area contributed by atoms with Crippen LogP contribution in [0.2, 0.25) is 0 Å². The molecule has 1 N–H and O–H groups in total. The molecular weight excluding hydrogens is 747 g/mol. The maximum absolute atomic E-state index is 13.6. The molecule has 3 aromatic carbocycles. The zero-order valence-corrected chi connectivity index (χ0v) is 34.7. The van der Waals surface area contributed by atoms with Gasteiger partial charge >= 0.3 is 5.69 Å². The van der Waals surface area contributed by atoms with Crippen LogP contribution in [-0.2, 0) is 28.9 Å². The van der Waals surface area contributed by atoms with E-state index in [0.717, 1.165) is 16.7 Å². The number of aryl methyl sites for hydroxylation is 1. The molecular formula is C43H53N4O9P. The number of aromatic nitrogens is 2. The van der Waals surface area contributed by atoms with Gasteiger partial charge in [0.25, 0.3) is 14.1 Å². The van der Waals surface area contributed by atoms with E-state index in [1.54, 1.807) is 21.1 Å². The highest BCUT2D eigenvalue weighted by atomic mass is 31.2. The number of nitrogens with zero attached hydrogens (tertiary/aromatic N) is 3. The van der Waals surface area contributed by atoms with Crippen LogP contribution >= 0.6 is 8.53 Å². The number of H-pyrrole nitrogens is 1. The standard InChI is InChI=1S/C43H53N4O9P/c1-28(2)47(29(3)4)57(54-24-12-23-44)56-38-37-31(6)26-52-42(38,55-40(37)46-25-30(5)39(48)45-41(46)49)27-53-43(32-13-10-9-11-14-32,33-15-19-35(50-7)20-16-33)34-17-21-36(51-8)22-18-34/h9-11,13-22,25,28-29,31,37-38,40H,12,24,26-27H2,1-8H3,(H,45,48,49)/t31-,37?,38-,40+,42+,57?/m0/s1. The van der Waals surface area contributed by atoms with Crippen LogP contribution in [0.5, 0.6) is 11.5 Å². The highest BCUT2D eigenvalue weighted by Gasteiger charge is 2.64. The van der Waals surface area contributed by atoms with Gasteiger partial charge in [0, 0.05) is 29.8 Å². The molecule has 14 heteroatoms. The Bertz CT molecular complexity index is 2050. The van der Waals surface area contributed by atoms with Gasteiger partial charge in [-0.25, -0.2) is 9.46 Å². The zero-order chi connectivity index (χ0) is 40.9. The van der Waals surface area contributed by atoms with Gasteiger partial charge in [0.1, 0.15) is 36.0 Å². The van der Waals surface area contributed by atoms with Crippen molar-refractivity contribution in [3.63, 3.8) is 0 Å². The van der Waals surface area contributed by atoms with E-state index in [0.29, 0.717) is 17.1 Å². The quantitative estimate of drug-likeness (QED) is 0.0667. The molecule has 1 aromatic heterocycles. The molecule has 6 atom stereocenters. The Balaban J connectivity index is 1.54. The van der Waals surface area contributed by atoms with Crippen LogP contribution < -0.4 is 20.7 Å². The summed E-state index contributed by atoms with van der Waals surface area (Å²) in [6.45, 7) is 12.2. The van der Waals surface area contributed by atoms with Crippen molar-refractivity contribution < 1.29 is 32.7 Å². The number of fused-ring (bicyclic) bond motifs is 2. The average Bonchev–Trinajstić information content (AvgIpc) is 3.43. The molecule has 2 fully saturated rings. The van der Waals surface area contributed by atoms with Crippen LogP contribution in [0.1, 0.15) is 69.5 Å². The van der Waals surface area contributed by atoms with E-state index in [-0.39, 0.29) is 44.2 Å². The number of nitriles is 1. The predicted molar refractivity (Wildman–Crippen MR) is 216 cm³/mol. The van der Waals surface area contributed by atoms with Crippen LogP contribution in [0.25, 0.3) is 0 Å². The van der Waals surface area contributed by atoms with Crippen molar-refractivity contribution in [2.75, 3.05) is 34.0 Å². The number of rotatable bonds is 17. The number of benzene rings is 3. The van der Waals surface area contributed by atoms with Gasteiger partial charge in [0.15, 0.2) is 0 Å². The fourth-order valence-electron chi connectivity index (χ4n) is 7.87. The third-order valence-electron chi connectivity index (χ3n) is 10.6. The number of nitrogens with one attached hydrogen (secondary N) is 1. The van der Waals surface area contributed by atoms with Gasteiger partial charge in [-0.3, -0.25) is 14.3 Å². The summed E-state index contributed by atoms with van der Waals surface area (Å²) < 4.78 is 49.5. The molecule has 304 valence electrons. The van der Waals surface area contributed by atoms with E-state index >= 15 is 0 Å². The molecule has 57 heavy (non-hydrogen) atoms. The second-order valence-electron chi connectivity index (χ2n) is 15.0. The summed E-state index contributed by atoms with van der Waals surface area (Å²) in [4.78, 5) is 28.6. The minimum atomic E-state index is -1.80. The van der Waals surface area contributed by atoms with Crippen LogP contribution in [0.15, 0.2) is 94.6 Å². The molecule has 2 saturated heterocycles. The molecule has 4 aromatic rings. The van der Waals surface area contributed by atoms with Crippen molar-refractivity contribution in [1.29, 1.82) is 5.26 Å². The van der Waals surface area contributed by atoms with Crippen LogP contribution in [0, 0.1) is 30.1 Å². The van der Waals surface area contributed by atoms with Gasteiger partial charge in [-0.15, -0.1) is 0 Å². The third kappa shape index (κ3) is 8.45. The van der Waals surface area contributed by atoms with Gasteiger partial charge in [-0.05, 0) is 81.5 Å². The van der Waals surface area contributed by atoms with Crippen LogP contribution in [0.4, 0.5) is 0 Å². The Kier molecular flexibility index (Phi) is 13.4. The largest absolute Gasteiger partial charge is 0.497 e. The van der Waals surface area contributed by atoms with E-state index in [9.17, 15) is 14.9 Å². The second kappa shape index (κ2) is 18.0. The fourth-order valence-corrected chi connectivity index (χ4v) is 9.67. The van der Waals surface area contributed by atoms with E-state index in [1.165, 1.54) is 10.8 Å². The SMILES string of the molecule is COc1ccc(C(OC[C@@]23OC[C@H](C)C([C@H](n4cc(C)c(=O)[nH]c4=O)O2)[C@@H]3OP(OCCC#N)N(C(C)C)C(C)C)(c2ccccc2)c2ccc(OC)cc2)cc1. The lowest BCUT2D eigenvalue weighted by atomic mass is 9.79. The molecule has 0 radical (unpaired) electrons. The summed E-state index contributed by atoms with van der Waals surface area (Å²) in [5.74, 6) is -0.835. The van der Waals surface area contributed by atoms with Crippen molar-refractivity contribution in [2.45, 2.75) is 83.8 Å². The zero-order valence-electron chi connectivity index (χ0n) is 33.8. The number of hydrogen-bond donors (Lipinski definition) is 1. The van der Waals surface area contributed by atoms with Crippen molar-refractivity contribution in [1.82, 2.24) is 14.2 Å². The van der Waals surface area contributed by atoms with E-state index in [1.807, 2.05) is 85.8 Å². The smallest absolute Gasteiger partial charge is 0.330 e. The van der Waals surface area contributed by atoms with Crippen LogP contribution in [-0.4, -0.2) is 72.2 Å². The van der Waals surface area contributed by atoms with Gasteiger partial charge in [0.05, 0.1) is 39.9 Å². The number of methoxy groups -OCH3 is 2. The van der Waals surface area contributed by atoms with Gasteiger partial charge in [-0.2, -0.15) is 5.26 Å². The molecule has 2 unspecified atom stereocenters. The maximum atomic E-state index is 13.6. The minimum Gasteiger partial charge on any atom is -0.497 e. The lowest BCUT2D eigenvalue weighted by Crippen LogP contribution is -2.56. The van der Waals surface area contributed by atoms with Crippen molar-refractivity contribution in [3.05, 3.63) is 128 Å². The average molecular weight is 801 g/mol. The molecule has 0 spiro atoms. The molecule has 0 saturated carbocycles. The normalized spacial score (nSPS) is 22.5. The molecule has 6 rings (SSSR count). The first-order valence-electron chi connectivity index (χ1n) is 19.3. The first-order chi connectivity index (χ1) is 27.4. The minimum absolute atomic E-state index is 0.0158. The van der Waals surface area contributed by atoms with Crippen molar-refractivity contribution in [3.8, 4) is 17.6 Å². The topological polar surface area (TPSA) is 147 Å². The highest BCUT2D eigenvalue weighted by Crippen LogP contribution is 2.58. The van der Waals surface area contributed by atoms with E-state index < -0.39 is 49.4 Å². The Hall–Kier alpha value is -4.38. The summed E-state index contributed by atoms with van der Waals surface area (Å²) in [5.41, 5.74) is 0.491. The Morgan fingerprint density at radius 2 is 1.53 bits per heavy atom. The fraction of sp³-hybridized carbons (Fsp3) is 0.465. The number of ether oxygens (including phenoxy) is 5. The molecule has 0 amide bonds. The summed E-state index contributed by atoms with van der Waals surface area (Å²) in [5, 5.41) is 9.44. The molecule has 0 aliphatic carbocycles. The number of aromatic amines is 1. The third-order valence-corrected chi connectivity index (χ3v) is 12.7. The van der Waals surface area contributed by atoms with Crippen LogP contribution in [0.3, 0.4) is 0 Å². The van der Waals surface area contributed by atoms with Gasteiger partial charge in [-0.1, -0.05) is 61.5 Å². The molecule has 3 heterocycles. The Labute approximate surface area is 335 Å². The molecule has 13 nitrogen and oxygen atoms in total. The van der Waals surface area contributed by atoms with E-state index in [4.69, 9.17) is 32.7 Å². The Morgan fingerprint density at radius 3 is 2.07 bits per heavy atom. The summed E-state index contributed by atoms with van der Waals surface area (Å²) in [7, 11) is 1.45. The monoisotopic (exact) mass is 800 g/mol. The van der Waals surface area contributed by atoms with E-state index in [2.05, 4.69) is 43.4 Å². The highest BCUT2D eigenvalue weighted by molar-refractivity contribution is 7.44. The van der Waals surface area contributed by atoms with Gasteiger partial charge in [0.2, 0.25) is 5.79 Å². The van der Waals surface area contributed by atoms with Crippen molar-refractivity contribution >= 4 is 8.53 Å². The molecule has 2 aliphatic heterocycles. The lowest BCUT2D eigenvalue weighted by molar-refractivity contribution is -0.299. The summed E-state index contributed by atoms with van der Waals surface area (Å²) in [6, 6.07) is 27.6. The summed E-state index contributed by atoms with van der Waals surface area (Å²) in [6.07, 6.45) is -0.0431. The van der Waals surface area contributed by atoms with Crippen molar-refractivity contribution in [2.24, 2.45) is 11.8 Å². The predicted octanol–water partition coefficient (Wildman–Crippen LogP) is 7.04. The molecule has 2 aliphatic rings. The number of hydrogen-bond acceptors (Lipinski definition) is 11. The first-order valence-corrected chi connectivity index (χ1v) is 20.4. The maximum Gasteiger partial charge on any atom is 0.330 e. The summed E-state index contributed by atoms with van der Waals surface area (Å²) >= 11 is 0. The second-order valence-corrected chi connectivity index (χ2v) is 16.4. The van der Waals surface area contributed by atoms with Gasteiger partial charge < -0.3 is 32.7 Å². The lowest BCUT2D eigenvalue weighted by Gasteiger charge is -2.46. The molecule has 2 bridgehead atoms.